The van der Waals surface area contributed by atoms with E-state index in [-0.39, 0.29) is 0 Å². The zero-order chi connectivity index (χ0) is 14.8. The van der Waals surface area contributed by atoms with Crippen LogP contribution in [0.2, 0.25) is 0 Å². The van der Waals surface area contributed by atoms with Crippen LogP contribution in [0, 0.1) is 6.92 Å². The molecule has 0 bridgehead atoms. The first kappa shape index (κ1) is 14.5. The van der Waals surface area contributed by atoms with E-state index in [1.165, 1.54) is 12.1 Å². The molecule has 0 radical (unpaired) electrons. The van der Waals surface area contributed by atoms with E-state index in [9.17, 15) is 13.2 Å². The Bertz CT molecular complexity index is 562. The van der Waals surface area contributed by atoms with E-state index in [0.717, 1.165) is 23.3 Å². The van der Waals surface area contributed by atoms with Gasteiger partial charge in [0.15, 0.2) is 0 Å². The van der Waals surface area contributed by atoms with Crippen LogP contribution in [0.4, 0.5) is 13.2 Å². The number of nitrogens with zero attached hydrogens (tertiary/aromatic N) is 2. The molecule has 2 rings (SSSR count). The molecule has 20 heavy (non-hydrogen) atoms. The van der Waals surface area contributed by atoms with Gasteiger partial charge in [0, 0.05) is 12.4 Å². The zero-order valence-electron chi connectivity index (χ0n) is 10.9. The third-order valence-corrected chi connectivity index (χ3v) is 2.87. The highest BCUT2D eigenvalue weighted by Gasteiger charge is 2.29. The third-order valence-electron chi connectivity index (χ3n) is 2.87. The lowest BCUT2D eigenvalue weighted by atomic mass is 10.0. The van der Waals surface area contributed by atoms with Crippen LogP contribution in [0.1, 0.15) is 28.6 Å². The van der Waals surface area contributed by atoms with Crippen molar-refractivity contribution in [1.29, 1.82) is 0 Å². The number of aromatic nitrogens is 2. The molecule has 0 fully saturated rings. The SMILES string of the molecule is Cc1cnc(C(N)Cc2ccc(C(F)(F)F)cc2)nc1. The van der Waals surface area contributed by atoms with Crippen molar-refractivity contribution in [3.63, 3.8) is 0 Å². The number of hydrogen-bond donors (Lipinski definition) is 1. The van der Waals surface area contributed by atoms with Crippen LogP contribution in [0.5, 0.6) is 0 Å². The average molecular weight is 281 g/mol. The molecule has 0 saturated carbocycles. The van der Waals surface area contributed by atoms with Crippen molar-refractivity contribution in [3.8, 4) is 0 Å². The van der Waals surface area contributed by atoms with Gasteiger partial charge in [-0.3, -0.25) is 0 Å². The Morgan fingerprint density at radius 1 is 1.10 bits per heavy atom. The topological polar surface area (TPSA) is 51.8 Å². The summed E-state index contributed by atoms with van der Waals surface area (Å²) in [5, 5.41) is 0. The Labute approximate surface area is 114 Å². The molecule has 1 unspecified atom stereocenters. The summed E-state index contributed by atoms with van der Waals surface area (Å²) in [5.74, 6) is 0.482. The van der Waals surface area contributed by atoms with Crippen LogP contribution in [0.25, 0.3) is 0 Å². The van der Waals surface area contributed by atoms with E-state index in [0.29, 0.717) is 12.2 Å². The summed E-state index contributed by atoms with van der Waals surface area (Å²) in [6, 6.07) is 4.52. The Kier molecular flexibility index (Phi) is 4.04. The lowest BCUT2D eigenvalue weighted by molar-refractivity contribution is -0.137. The van der Waals surface area contributed by atoms with Gasteiger partial charge in [-0.2, -0.15) is 13.2 Å². The molecule has 0 saturated heterocycles. The molecular formula is C14H14F3N3. The minimum atomic E-state index is -4.32. The van der Waals surface area contributed by atoms with Crippen molar-refractivity contribution < 1.29 is 13.2 Å². The molecule has 1 atom stereocenters. The highest BCUT2D eigenvalue weighted by molar-refractivity contribution is 5.25. The van der Waals surface area contributed by atoms with Crippen LogP contribution in [-0.2, 0) is 12.6 Å². The highest BCUT2D eigenvalue weighted by atomic mass is 19.4. The molecule has 0 aliphatic heterocycles. The number of hydrogen-bond acceptors (Lipinski definition) is 3. The van der Waals surface area contributed by atoms with Gasteiger partial charge in [0.2, 0.25) is 0 Å². The zero-order valence-corrected chi connectivity index (χ0v) is 10.9. The van der Waals surface area contributed by atoms with E-state index in [4.69, 9.17) is 5.73 Å². The van der Waals surface area contributed by atoms with Crippen molar-refractivity contribution >= 4 is 0 Å². The first-order valence-corrected chi connectivity index (χ1v) is 6.06. The summed E-state index contributed by atoms with van der Waals surface area (Å²) < 4.78 is 37.3. The van der Waals surface area contributed by atoms with Crippen molar-refractivity contribution in [2.24, 2.45) is 5.73 Å². The highest BCUT2D eigenvalue weighted by Crippen LogP contribution is 2.29. The van der Waals surface area contributed by atoms with Gasteiger partial charge < -0.3 is 5.73 Å². The van der Waals surface area contributed by atoms with Crippen LogP contribution < -0.4 is 5.73 Å². The second-order valence-electron chi connectivity index (χ2n) is 4.62. The van der Waals surface area contributed by atoms with Gasteiger partial charge in [-0.1, -0.05) is 12.1 Å². The van der Waals surface area contributed by atoms with E-state index < -0.39 is 17.8 Å². The van der Waals surface area contributed by atoms with Gasteiger partial charge in [-0.15, -0.1) is 0 Å². The van der Waals surface area contributed by atoms with Gasteiger partial charge in [0.1, 0.15) is 5.82 Å². The van der Waals surface area contributed by atoms with Crippen molar-refractivity contribution in [2.75, 3.05) is 0 Å². The number of benzene rings is 1. The quantitative estimate of drug-likeness (QED) is 0.940. The maximum absolute atomic E-state index is 12.4. The van der Waals surface area contributed by atoms with Gasteiger partial charge in [-0.25, -0.2) is 9.97 Å². The Morgan fingerprint density at radius 2 is 1.65 bits per heavy atom. The van der Waals surface area contributed by atoms with Crippen molar-refractivity contribution in [2.45, 2.75) is 25.6 Å². The average Bonchev–Trinajstić information content (AvgIpc) is 2.39. The molecule has 0 aliphatic rings. The van der Waals surface area contributed by atoms with Crippen LogP contribution in [-0.4, -0.2) is 9.97 Å². The smallest absolute Gasteiger partial charge is 0.321 e. The Hall–Kier alpha value is -1.95. The van der Waals surface area contributed by atoms with E-state index in [1.807, 2.05) is 6.92 Å². The molecule has 2 N–H and O–H groups in total. The van der Waals surface area contributed by atoms with Gasteiger partial charge in [0.25, 0.3) is 0 Å². The number of alkyl halides is 3. The molecule has 0 spiro atoms. The second kappa shape index (κ2) is 5.58. The van der Waals surface area contributed by atoms with E-state index in [1.54, 1.807) is 12.4 Å². The first-order chi connectivity index (χ1) is 9.36. The number of rotatable bonds is 3. The number of halogens is 3. The van der Waals surface area contributed by atoms with Crippen LogP contribution in [0.3, 0.4) is 0 Å². The predicted molar refractivity (Wildman–Crippen MR) is 68.8 cm³/mol. The largest absolute Gasteiger partial charge is 0.416 e. The molecule has 1 aromatic carbocycles. The maximum Gasteiger partial charge on any atom is 0.416 e. The molecule has 1 heterocycles. The minimum absolute atomic E-state index is 0.390. The van der Waals surface area contributed by atoms with E-state index >= 15 is 0 Å². The van der Waals surface area contributed by atoms with E-state index in [2.05, 4.69) is 9.97 Å². The summed E-state index contributed by atoms with van der Waals surface area (Å²) in [4.78, 5) is 8.23. The van der Waals surface area contributed by atoms with Gasteiger partial charge >= 0.3 is 6.18 Å². The Morgan fingerprint density at radius 3 is 2.15 bits per heavy atom. The fourth-order valence-corrected chi connectivity index (χ4v) is 1.77. The molecule has 1 aromatic heterocycles. The first-order valence-electron chi connectivity index (χ1n) is 6.06. The molecule has 2 aromatic rings. The summed E-state index contributed by atoms with van der Waals surface area (Å²) in [6.07, 6.45) is -0.605. The van der Waals surface area contributed by atoms with Crippen molar-refractivity contribution in [1.82, 2.24) is 9.97 Å². The van der Waals surface area contributed by atoms with Crippen molar-refractivity contribution in [3.05, 3.63) is 59.2 Å². The summed E-state index contributed by atoms with van der Waals surface area (Å²) in [5.41, 5.74) is 6.93. The predicted octanol–water partition coefficient (Wildman–Crippen LogP) is 3.05. The Balaban J connectivity index is 2.08. The molecule has 3 nitrogen and oxygen atoms in total. The summed E-state index contributed by atoms with van der Waals surface area (Å²) in [7, 11) is 0. The fourth-order valence-electron chi connectivity index (χ4n) is 1.77. The molecule has 106 valence electrons. The van der Waals surface area contributed by atoms with Crippen LogP contribution >= 0.6 is 0 Å². The third kappa shape index (κ3) is 3.54. The molecule has 0 aliphatic carbocycles. The summed E-state index contributed by atoms with van der Waals surface area (Å²) >= 11 is 0. The van der Waals surface area contributed by atoms with Gasteiger partial charge in [0.05, 0.1) is 11.6 Å². The second-order valence-corrected chi connectivity index (χ2v) is 4.62. The fraction of sp³-hybridized carbons (Fsp3) is 0.286. The molecule has 0 amide bonds. The van der Waals surface area contributed by atoms with Gasteiger partial charge in [-0.05, 0) is 36.6 Å². The number of aryl methyl sites for hydroxylation is 1. The van der Waals surface area contributed by atoms with Crippen LogP contribution in [0.15, 0.2) is 36.7 Å². The standard InChI is InChI=1S/C14H14F3N3/c1-9-7-19-13(20-8-9)12(18)6-10-2-4-11(5-3-10)14(15,16)17/h2-5,7-8,12H,6,18H2,1H3. The normalized spacial score (nSPS) is 13.2. The summed E-state index contributed by atoms with van der Waals surface area (Å²) in [6.45, 7) is 1.87. The number of nitrogens with two attached hydrogens (primary N) is 1. The molecular weight excluding hydrogens is 267 g/mol. The minimum Gasteiger partial charge on any atom is -0.321 e. The monoisotopic (exact) mass is 281 g/mol. The molecule has 6 heteroatoms. The lowest BCUT2D eigenvalue weighted by Gasteiger charge is -2.11. The lowest BCUT2D eigenvalue weighted by Crippen LogP contribution is -2.16. The maximum atomic E-state index is 12.4.